The molecule has 0 bridgehead atoms. The Morgan fingerprint density at radius 2 is 1.85 bits per heavy atom. The van der Waals surface area contributed by atoms with Gasteiger partial charge in [0.25, 0.3) is 5.91 Å². The van der Waals surface area contributed by atoms with E-state index in [4.69, 9.17) is 9.73 Å². The Hall–Kier alpha value is -3.52. The molecule has 1 N–H and O–H groups in total. The van der Waals surface area contributed by atoms with E-state index >= 15 is 0 Å². The molecule has 0 aliphatic carbocycles. The molecule has 0 saturated carbocycles. The third kappa shape index (κ3) is 6.74. The van der Waals surface area contributed by atoms with E-state index in [0.717, 1.165) is 27.7 Å². The Balaban J connectivity index is 1.69. The van der Waals surface area contributed by atoms with Crippen molar-refractivity contribution in [2.75, 3.05) is 19.6 Å². The first-order valence-corrected chi connectivity index (χ1v) is 14.5. The summed E-state index contributed by atoms with van der Waals surface area (Å²) >= 11 is 1.49. The maximum Gasteiger partial charge on any atom is 0.254 e. The van der Waals surface area contributed by atoms with Crippen LogP contribution in [0.3, 0.4) is 0 Å². The number of nitrogens with zero attached hydrogens (tertiary/aromatic N) is 3. The van der Waals surface area contributed by atoms with Crippen molar-refractivity contribution in [3.63, 3.8) is 0 Å². The first-order chi connectivity index (χ1) is 18.8. The summed E-state index contributed by atoms with van der Waals surface area (Å²) < 4.78 is 6.15. The number of amides is 2. The Labute approximate surface area is 236 Å². The maximum absolute atomic E-state index is 13.9. The molecular formula is C31H38N4O3S. The fourth-order valence-electron chi connectivity index (χ4n) is 4.70. The average Bonchev–Trinajstić information content (AvgIpc) is 3.32. The summed E-state index contributed by atoms with van der Waals surface area (Å²) in [7, 11) is 0. The van der Waals surface area contributed by atoms with E-state index in [1.165, 1.54) is 11.8 Å². The molecule has 2 aliphatic heterocycles. The fourth-order valence-corrected chi connectivity index (χ4v) is 5.66. The van der Waals surface area contributed by atoms with Crippen molar-refractivity contribution in [3.8, 4) is 5.75 Å². The number of ether oxygens (including phenoxy) is 1. The van der Waals surface area contributed by atoms with Gasteiger partial charge in [-0.15, -0.1) is 0 Å². The van der Waals surface area contributed by atoms with Gasteiger partial charge in [0.2, 0.25) is 5.91 Å². The lowest BCUT2D eigenvalue weighted by molar-refractivity contribution is -0.127. The minimum atomic E-state index is -0.426. The van der Waals surface area contributed by atoms with Gasteiger partial charge in [-0.3, -0.25) is 9.59 Å². The van der Waals surface area contributed by atoms with Crippen molar-refractivity contribution >= 4 is 28.7 Å². The van der Waals surface area contributed by atoms with Crippen molar-refractivity contribution in [1.29, 1.82) is 0 Å². The molecule has 2 aliphatic rings. The summed E-state index contributed by atoms with van der Waals surface area (Å²) in [5, 5.41) is 5.77. The molecule has 1 unspecified atom stereocenters. The lowest BCUT2D eigenvalue weighted by Gasteiger charge is -2.38. The summed E-state index contributed by atoms with van der Waals surface area (Å²) in [6, 6.07) is 17.5. The number of allylic oxidation sites excluding steroid dienone is 1. The molecule has 2 amide bonds. The van der Waals surface area contributed by atoms with Gasteiger partial charge in [0.05, 0.1) is 23.7 Å². The highest BCUT2D eigenvalue weighted by Gasteiger charge is 2.41. The molecule has 39 heavy (non-hydrogen) atoms. The van der Waals surface area contributed by atoms with E-state index in [1.807, 2.05) is 85.7 Å². The first kappa shape index (κ1) is 28.5. The number of nitrogens with one attached hydrogen (secondary N) is 1. The molecule has 4 rings (SSSR count). The molecule has 0 radical (unpaired) electrons. The second-order valence-corrected chi connectivity index (χ2v) is 10.9. The summed E-state index contributed by atoms with van der Waals surface area (Å²) in [6.45, 7) is 12.3. The van der Waals surface area contributed by atoms with Crippen LogP contribution in [-0.4, -0.2) is 46.4 Å². The summed E-state index contributed by atoms with van der Waals surface area (Å²) in [5.74, 6) is 1.00. The van der Waals surface area contributed by atoms with E-state index in [9.17, 15) is 9.59 Å². The number of carbonyl (C=O) groups excluding carboxylic acids is 2. The summed E-state index contributed by atoms with van der Waals surface area (Å²) in [5.41, 5.74) is 4.15. The zero-order valence-corrected chi connectivity index (χ0v) is 24.3. The van der Waals surface area contributed by atoms with Gasteiger partial charge in [-0.1, -0.05) is 68.1 Å². The largest absolute Gasteiger partial charge is 0.489 e. The zero-order valence-electron chi connectivity index (χ0n) is 23.4. The molecule has 0 spiro atoms. The van der Waals surface area contributed by atoms with Crippen molar-refractivity contribution in [1.82, 2.24) is 15.1 Å². The van der Waals surface area contributed by atoms with Crippen molar-refractivity contribution in [3.05, 3.63) is 88.1 Å². The van der Waals surface area contributed by atoms with Gasteiger partial charge in [0.1, 0.15) is 12.4 Å². The number of aliphatic imine (C=N–C) groups is 1. The highest BCUT2D eigenvalue weighted by molar-refractivity contribution is 8.16. The highest BCUT2D eigenvalue weighted by Crippen LogP contribution is 2.45. The number of amidine groups is 1. The van der Waals surface area contributed by atoms with Gasteiger partial charge in [0.15, 0.2) is 5.17 Å². The standard InChI is InChI=1S/C31H38N4O3S/c1-6-34(7-2)30(37)28-22(5)33-31-35(25(20-39-31)17-27(36)32-18-21(3)4)29(28)24-14-11-15-26(16-24)38-19-23-12-9-8-10-13-23/h8-16,20-21,29H,6-7,17-19H2,1-5H3,(H,32,36). The molecule has 0 saturated heterocycles. The number of fused-ring (bicyclic) bond motifs is 1. The lowest BCUT2D eigenvalue weighted by atomic mass is 9.92. The quantitative estimate of drug-likeness (QED) is 0.382. The van der Waals surface area contributed by atoms with Crippen LogP contribution in [0.5, 0.6) is 5.75 Å². The highest BCUT2D eigenvalue weighted by atomic mass is 32.2. The Morgan fingerprint density at radius 1 is 1.10 bits per heavy atom. The van der Waals surface area contributed by atoms with Crippen molar-refractivity contribution < 1.29 is 14.3 Å². The number of hydrogen-bond donors (Lipinski definition) is 1. The Kier molecular flexibility index (Phi) is 9.51. The number of benzene rings is 2. The average molecular weight is 547 g/mol. The van der Waals surface area contributed by atoms with Crippen LogP contribution in [0.2, 0.25) is 0 Å². The molecule has 0 fully saturated rings. The molecule has 2 aromatic carbocycles. The number of rotatable bonds is 11. The van der Waals surface area contributed by atoms with Gasteiger partial charge in [-0.25, -0.2) is 4.99 Å². The molecular weight excluding hydrogens is 508 g/mol. The molecule has 0 aromatic heterocycles. The summed E-state index contributed by atoms with van der Waals surface area (Å²) in [4.78, 5) is 35.4. The molecule has 7 nitrogen and oxygen atoms in total. The van der Waals surface area contributed by atoms with Gasteiger partial charge in [-0.2, -0.15) is 0 Å². The van der Waals surface area contributed by atoms with Crippen molar-refractivity contribution in [2.45, 2.75) is 53.7 Å². The molecule has 2 aromatic rings. The van der Waals surface area contributed by atoms with Gasteiger partial charge in [0, 0.05) is 25.3 Å². The van der Waals surface area contributed by atoms with E-state index in [-0.39, 0.29) is 18.2 Å². The molecule has 1 atom stereocenters. The van der Waals surface area contributed by atoms with Gasteiger partial charge in [-0.05, 0) is 55.4 Å². The number of likely N-dealkylation sites (N-methyl/N-ethyl adjacent to an activating group) is 1. The normalized spacial score (nSPS) is 16.6. The van der Waals surface area contributed by atoms with Crippen LogP contribution in [0, 0.1) is 5.92 Å². The molecule has 8 heteroatoms. The van der Waals surface area contributed by atoms with Crippen LogP contribution in [0.1, 0.15) is 58.2 Å². The van der Waals surface area contributed by atoms with Crippen LogP contribution >= 0.6 is 11.8 Å². The van der Waals surface area contributed by atoms with E-state index < -0.39 is 6.04 Å². The maximum atomic E-state index is 13.9. The SMILES string of the molecule is CCN(CC)C(=O)C1=C(C)N=C2SC=C(CC(=O)NCC(C)C)N2C1c1cccc(OCc2ccccc2)c1. The second-order valence-electron chi connectivity index (χ2n) is 10.1. The Bertz CT molecular complexity index is 1280. The molecule has 2 heterocycles. The third-order valence-electron chi connectivity index (χ3n) is 6.75. The van der Waals surface area contributed by atoms with Crippen LogP contribution in [0.25, 0.3) is 0 Å². The smallest absolute Gasteiger partial charge is 0.254 e. The van der Waals surface area contributed by atoms with Crippen LogP contribution < -0.4 is 10.1 Å². The monoisotopic (exact) mass is 546 g/mol. The van der Waals surface area contributed by atoms with E-state index in [2.05, 4.69) is 24.1 Å². The van der Waals surface area contributed by atoms with Crippen LogP contribution in [-0.2, 0) is 16.2 Å². The summed E-state index contributed by atoms with van der Waals surface area (Å²) in [6.07, 6.45) is 0.214. The number of carbonyl (C=O) groups is 2. The van der Waals surface area contributed by atoms with Gasteiger partial charge < -0.3 is 19.9 Å². The topological polar surface area (TPSA) is 74.2 Å². The van der Waals surface area contributed by atoms with Gasteiger partial charge >= 0.3 is 0 Å². The van der Waals surface area contributed by atoms with E-state index in [1.54, 1.807) is 0 Å². The molecule has 206 valence electrons. The minimum absolute atomic E-state index is 0.0404. The lowest BCUT2D eigenvalue weighted by Crippen LogP contribution is -2.42. The predicted molar refractivity (Wildman–Crippen MR) is 158 cm³/mol. The van der Waals surface area contributed by atoms with Crippen LogP contribution in [0.4, 0.5) is 0 Å². The third-order valence-corrected chi connectivity index (χ3v) is 7.64. The Morgan fingerprint density at radius 3 is 2.54 bits per heavy atom. The zero-order chi connectivity index (χ0) is 27.9. The number of thioether (sulfide) groups is 1. The second kappa shape index (κ2) is 13.0. The van der Waals surface area contributed by atoms with E-state index in [0.29, 0.717) is 43.4 Å². The predicted octanol–water partition coefficient (Wildman–Crippen LogP) is 5.87. The first-order valence-electron chi connectivity index (χ1n) is 13.6. The minimum Gasteiger partial charge on any atom is -0.489 e. The number of hydrogen-bond acceptors (Lipinski definition) is 6. The fraction of sp³-hybridized carbons (Fsp3) is 0.387. The van der Waals surface area contributed by atoms with Crippen molar-refractivity contribution in [2.24, 2.45) is 10.9 Å². The van der Waals surface area contributed by atoms with Crippen LogP contribution in [0.15, 0.2) is 82.0 Å².